The average Bonchev–Trinajstić information content (AvgIpc) is 3.76. The van der Waals surface area contributed by atoms with Crippen molar-refractivity contribution in [2.45, 2.75) is 152 Å². The molecule has 44 heavy (non-hydrogen) atoms. The first-order chi connectivity index (χ1) is 20.7. The van der Waals surface area contributed by atoms with Crippen molar-refractivity contribution in [3.05, 3.63) is 0 Å². The fraction of sp³-hybridized carbons (Fsp3) is 1.00. The Bertz CT molecular complexity index is 984. The standard InChI is InChI=1S/C32H56GeN8O.2H2O/c33-42-23-15-7-14-22-24(23)32-40-30-21-13-6-5-12-20(21)28(38-30)36-26-17-9-2-1-8-16(17)25(34-26)35-27-18-10-3-4-11-19(18)29(37-27)39-31(22)41-32;;/h16-41H,1-15H2;2*1H2. The molecule has 0 spiro atoms. The van der Waals surface area contributed by atoms with Crippen LogP contribution in [0.4, 0.5) is 0 Å². The number of fused-ring (bicyclic) bond motifs is 20. The van der Waals surface area contributed by atoms with E-state index in [4.69, 9.17) is 3.76 Å². The number of hydrogen-bond acceptors (Lipinski definition) is 9. The van der Waals surface area contributed by atoms with Gasteiger partial charge in [0.2, 0.25) is 0 Å². The van der Waals surface area contributed by atoms with E-state index in [0.717, 1.165) is 17.8 Å². The minimum absolute atomic E-state index is 0. The predicted octanol–water partition coefficient (Wildman–Crippen LogP) is -0.233. The molecule has 250 valence electrons. The van der Waals surface area contributed by atoms with Crippen LogP contribution < -0.4 is 42.5 Å². The monoisotopic (exact) mass is 678 g/mol. The fourth-order valence-corrected chi connectivity index (χ4v) is 12.8. The first-order valence-corrected chi connectivity index (χ1v) is 19.2. The van der Waals surface area contributed by atoms with Crippen LogP contribution in [-0.2, 0) is 3.76 Å². The van der Waals surface area contributed by atoms with Crippen molar-refractivity contribution in [3.63, 3.8) is 0 Å². The number of rotatable bonds is 1. The van der Waals surface area contributed by atoms with E-state index in [9.17, 15) is 0 Å². The summed E-state index contributed by atoms with van der Waals surface area (Å²) in [6.07, 6.45) is 23.5. The molecule has 12 N–H and O–H groups in total. The van der Waals surface area contributed by atoms with E-state index in [1.165, 1.54) is 113 Å². The van der Waals surface area contributed by atoms with Gasteiger partial charge in [0.15, 0.2) is 0 Å². The van der Waals surface area contributed by atoms with Crippen molar-refractivity contribution in [1.82, 2.24) is 42.5 Å². The van der Waals surface area contributed by atoms with E-state index in [-0.39, 0.29) is 17.1 Å². The Hall–Kier alpha value is 0.103. The summed E-state index contributed by atoms with van der Waals surface area (Å²) in [5.41, 5.74) is 0. The van der Waals surface area contributed by atoms with Gasteiger partial charge >= 0.3 is 243 Å². The van der Waals surface area contributed by atoms with Gasteiger partial charge in [0.1, 0.15) is 0 Å². The minimum atomic E-state index is 0. The molecule has 2 radical (unpaired) electrons. The van der Waals surface area contributed by atoms with Gasteiger partial charge in [-0.1, -0.05) is 12.8 Å². The molecule has 0 aromatic rings. The van der Waals surface area contributed by atoms with Gasteiger partial charge in [0.25, 0.3) is 0 Å². The summed E-state index contributed by atoms with van der Waals surface area (Å²) in [5.74, 6) is 5.43. The molecule has 9 fully saturated rings. The molecule has 17 unspecified atom stereocenters. The van der Waals surface area contributed by atoms with Gasteiger partial charge in [-0.05, 0) is 6.42 Å². The van der Waals surface area contributed by atoms with Gasteiger partial charge in [0, 0.05) is 0 Å². The Balaban J connectivity index is 0.00000156. The molecule has 5 heterocycles. The van der Waals surface area contributed by atoms with Crippen LogP contribution in [-0.4, -0.2) is 83.2 Å². The molecule has 8 bridgehead atoms. The molecule has 5 saturated heterocycles. The molecular formula is C32H60GeN8O3. The Morgan fingerprint density at radius 3 is 0.932 bits per heavy atom. The maximum absolute atomic E-state index is 6.28. The fourth-order valence-electron chi connectivity index (χ4n) is 12.2. The van der Waals surface area contributed by atoms with E-state index in [0.29, 0.717) is 78.9 Å². The van der Waals surface area contributed by atoms with Crippen molar-refractivity contribution < 1.29 is 14.7 Å². The van der Waals surface area contributed by atoms with Crippen molar-refractivity contribution in [3.8, 4) is 0 Å². The molecule has 4 aliphatic carbocycles. The van der Waals surface area contributed by atoms with E-state index >= 15 is 0 Å². The Kier molecular flexibility index (Phi) is 10.0. The first-order valence-electron chi connectivity index (χ1n) is 18.2. The second-order valence-corrected chi connectivity index (χ2v) is 16.4. The molecule has 9 aliphatic rings. The van der Waals surface area contributed by atoms with Gasteiger partial charge in [0.05, 0.1) is 0 Å². The van der Waals surface area contributed by atoms with E-state index in [2.05, 4.69) is 42.5 Å². The van der Waals surface area contributed by atoms with Crippen molar-refractivity contribution in [2.75, 3.05) is 0 Å². The zero-order valence-corrected chi connectivity index (χ0v) is 28.8. The second kappa shape index (κ2) is 13.5. The average molecular weight is 677 g/mol. The SMILES string of the molecule is O.O.[GeH][O]C1CCCC2C3NC4NC(NC5NC(NC6NC(NC(N3)C12)C1CCCCC61)C1CCCCC51)C1CCCCC41. The summed E-state index contributed by atoms with van der Waals surface area (Å²) in [7, 11) is 0. The molecular weight excluding hydrogens is 617 g/mol. The van der Waals surface area contributed by atoms with Gasteiger partial charge in [-0.2, -0.15) is 0 Å². The third kappa shape index (κ3) is 5.56. The molecule has 11 nitrogen and oxygen atoms in total. The van der Waals surface area contributed by atoms with Gasteiger partial charge in [-0.3, -0.25) is 0 Å². The second-order valence-electron chi connectivity index (χ2n) is 15.8. The normalized spacial score (nSPS) is 54.6. The zero-order chi connectivity index (χ0) is 27.8. The summed E-state index contributed by atoms with van der Waals surface area (Å²) in [5, 5.41) is 33.8. The number of nitrogens with one attached hydrogen (secondary N) is 8. The quantitative estimate of drug-likeness (QED) is 0.175. The molecule has 5 aliphatic heterocycles. The van der Waals surface area contributed by atoms with Gasteiger partial charge in [-0.15, -0.1) is 0 Å². The van der Waals surface area contributed by atoms with Gasteiger partial charge in [-0.25, -0.2) is 0 Å². The van der Waals surface area contributed by atoms with E-state index < -0.39 is 0 Å². The van der Waals surface area contributed by atoms with Crippen LogP contribution in [0.1, 0.15) is 96.3 Å². The Morgan fingerprint density at radius 1 is 0.341 bits per heavy atom. The summed E-state index contributed by atoms with van der Waals surface area (Å²) in [6, 6.07) is 0. The molecule has 4 saturated carbocycles. The summed E-state index contributed by atoms with van der Waals surface area (Å²) < 4.78 is 6.28. The van der Waals surface area contributed by atoms with Crippen LogP contribution in [0, 0.1) is 47.3 Å². The molecule has 0 aromatic heterocycles. The van der Waals surface area contributed by atoms with Crippen LogP contribution in [0.3, 0.4) is 0 Å². The van der Waals surface area contributed by atoms with Crippen LogP contribution in [0.2, 0.25) is 0 Å². The van der Waals surface area contributed by atoms with Crippen LogP contribution in [0.15, 0.2) is 0 Å². The van der Waals surface area contributed by atoms with E-state index in [1.807, 2.05) is 0 Å². The predicted molar refractivity (Wildman–Crippen MR) is 172 cm³/mol. The number of hydrogen-bond donors (Lipinski definition) is 8. The zero-order valence-electron chi connectivity index (χ0n) is 26.4. The third-order valence-electron chi connectivity index (χ3n) is 14.0. The van der Waals surface area contributed by atoms with Crippen LogP contribution >= 0.6 is 0 Å². The van der Waals surface area contributed by atoms with Crippen molar-refractivity contribution >= 4 is 16.9 Å². The van der Waals surface area contributed by atoms with Crippen molar-refractivity contribution in [2.24, 2.45) is 47.3 Å². The summed E-state index contributed by atoms with van der Waals surface area (Å²) >= 11 is 1.45. The van der Waals surface area contributed by atoms with Crippen molar-refractivity contribution in [1.29, 1.82) is 0 Å². The molecule has 17 atom stereocenters. The van der Waals surface area contributed by atoms with E-state index in [1.54, 1.807) is 0 Å². The van der Waals surface area contributed by atoms with Crippen LogP contribution in [0.25, 0.3) is 0 Å². The summed E-state index contributed by atoms with van der Waals surface area (Å²) in [4.78, 5) is 0. The third-order valence-corrected chi connectivity index (χ3v) is 14.7. The molecule has 0 aromatic carbocycles. The molecule has 9 rings (SSSR count). The maximum atomic E-state index is 6.28. The Labute approximate surface area is 272 Å². The molecule has 0 amide bonds. The van der Waals surface area contributed by atoms with Crippen LogP contribution in [0.5, 0.6) is 0 Å². The van der Waals surface area contributed by atoms with Gasteiger partial charge < -0.3 is 11.0 Å². The first kappa shape index (κ1) is 32.6. The summed E-state index contributed by atoms with van der Waals surface area (Å²) in [6.45, 7) is 0. The topological polar surface area (TPSA) is 168 Å². The molecule has 12 heteroatoms. The Morgan fingerprint density at radius 2 is 0.614 bits per heavy atom.